The van der Waals surface area contributed by atoms with Gasteiger partial charge in [-0.15, -0.1) is 0 Å². The van der Waals surface area contributed by atoms with E-state index in [1.165, 1.54) is 14.9 Å². The summed E-state index contributed by atoms with van der Waals surface area (Å²) in [5, 5.41) is 2.57. The van der Waals surface area contributed by atoms with Gasteiger partial charge in [-0.05, 0) is 14.0 Å². The van der Waals surface area contributed by atoms with Crippen LogP contribution in [-0.2, 0) is 0 Å². The van der Waals surface area contributed by atoms with Crippen LogP contribution < -0.4 is 11.1 Å². The number of hydrogen-bond acceptors (Lipinski definition) is 2. The normalized spacial score (nSPS) is 6.38. The average Bonchev–Trinajstić information content (AvgIpc) is 1.72. The van der Waals surface area contributed by atoms with E-state index in [0.29, 0.717) is 0 Å². The summed E-state index contributed by atoms with van der Waals surface area (Å²) in [4.78, 5) is 9.93. The van der Waals surface area contributed by atoms with Crippen molar-refractivity contribution in [2.24, 2.45) is 5.73 Å². The van der Waals surface area contributed by atoms with Gasteiger partial charge in [-0.2, -0.15) is 0 Å². The molecule has 0 aromatic heterocycles. The smallest absolute Gasteiger partial charge is 0.215 e. The molecule has 0 aliphatic heterocycles. The molecule has 0 spiro atoms. The minimum Gasteiger partial charge on any atom is -0.366 e. The fraction of sp³-hybridized carbons (Fsp3) is 0.750. The van der Waals surface area contributed by atoms with E-state index in [2.05, 4.69) is 11.1 Å². The molecule has 0 radical (unpaired) electrons. The summed E-state index contributed by atoms with van der Waals surface area (Å²) in [6.45, 7) is 2.62. The van der Waals surface area contributed by atoms with Crippen LogP contribution >= 0.6 is 0 Å². The molecule has 0 saturated carbocycles. The minimum absolute atomic E-state index is 0.0394. The van der Waals surface area contributed by atoms with Gasteiger partial charge in [0, 0.05) is 6.54 Å². The second-order valence-electron chi connectivity index (χ2n) is 1.09. The van der Waals surface area contributed by atoms with Crippen LogP contribution in [-0.4, -0.2) is 27.2 Å². The second kappa shape index (κ2) is 9.71. The molecule has 0 aromatic rings. The predicted molar refractivity (Wildman–Crippen MR) is 37.7 cm³/mol. The van der Waals surface area contributed by atoms with Crippen molar-refractivity contribution >= 4 is 13.7 Å². The summed E-state index contributed by atoms with van der Waals surface area (Å²) in [5.41, 5.74) is 4.50. The first-order valence-corrected chi connectivity index (χ1v) is 2.59. The molecule has 0 heterocycles. The third-order valence-corrected chi connectivity index (χ3v) is 0.426. The van der Waals surface area contributed by atoms with E-state index in [9.17, 15) is 4.79 Å². The lowest BCUT2D eigenvalue weighted by Gasteiger charge is -1.89. The highest BCUT2D eigenvalue weighted by atomic mass is 16.1. The van der Waals surface area contributed by atoms with Gasteiger partial charge in [0.05, 0.1) is 0 Å². The zero-order chi connectivity index (χ0) is 6.99. The molecule has 0 aliphatic carbocycles. The third kappa shape index (κ3) is 17.8. The lowest BCUT2D eigenvalue weighted by molar-refractivity contribution is 0.260. The van der Waals surface area contributed by atoms with Crippen molar-refractivity contribution < 1.29 is 4.79 Å². The molecule has 48 valence electrons. The Hall–Kier alpha value is -0.505. The predicted octanol–water partition coefficient (Wildman–Crippen LogP) is -1.08. The van der Waals surface area contributed by atoms with Gasteiger partial charge in [-0.25, -0.2) is 0 Å². The van der Waals surface area contributed by atoms with Crippen LogP contribution in [0.3, 0.4) is 0 Å². The molecular weight excluding hydrogens is 103 g/mol. The SMILES string of the molecule is BC(=O)NCC.CN. The molecule has 4 heteroatoms. The summed E-state index contributed by atoms with van der Waals surface area (Å²) in [5.74, 6) is 0.0394. The van der Waals surface area contributed by atoms with Crippen molar-refractivity contribution in [2.45, 2.75) is 6.92 Å². The van der Waals surface area contributed by atoms with E-state index >= 15 is 0 Å². The van der Waals surface area contributed by atoms with Crippen LogP contribution in [0.5, 0.6) is 0 Å². The lowest BCUT2D eigenvalue weighted by Crippen LogP contribution is -2.20. The molecule has 0 bridgehead atoms. The Bertz CT molecular complexity index is 58.0. The van der Waals surface area contributed by atoms with E-state index < -0.39 is 0 Å². The molecule has 0 unspecified atom stereocenters. The number of nitrogens with one attached hydrogen (secondary N) is 1. The molecule has 0 aliphatic rings. The van der Waals surface area contributed by atoms with Crippen molar-refractivity contribution in [1.82, 2.24) is 5.32 Å². The van der Waals surface area contributed by atoms with Crippen molar-refractivity contribution in [2.75, 3.05) is 13.6 Å². The molecule has 0 aromatic carbocycles. The number of rotatable bonds is 1. The van der Waals surface area contributed by atoms with Crippen LogP contribution in [0.4, 0.5) is 4.79 Å². The Labute approximate surface area is 51.0 Å². The Balaban J connectivity index is 0. The maximum atomic E-state index is 9.93. The van der Waals surface area contributed by atoms with Crippen LogP contribution in [0.25, 0.3) is 0 Å². The molecule has 3 nitrogen and oxygen atoms in total. The van der Waals surface area contributed by atoms with Crippen LogP contribution in [0.1, 0.15) is 6.92 Å². The second-order valence-corrected chi connectivity index (χ2v) is 1.09. The van der Waals surface area contributed by atoms with Crippen LogP contribution in [0.2, 0.25) is 0 Å². The topological polar surface area (TPSA) is 55.1 Å². The first-order chi connectivity index (χ1) is 3.77. The van der Waals surface area contributed by atoms with Crippen molar-refractivity contribution in [3.05, 3.63) is 0 Å². The Morgan fingerprint density at radius 2 is 2.12 bits per heavy atom. The fourth-order valence-electron chi connectivity index (χ4n) is 0.249. The van der Waals surface area contributed by atoms with Crippen molar-refractivity contribution in [3.63, 3.8) is 0 Å². The Morgan fingerprint density at radius 3 is 2.12 bits per heavy atom. The summed E-state index contributed by atoms with van der Waals surface area (Å²) in [6, 6.07) is 0. The highest BCUT2D eigenvalue weighted by Crippen LogP contribution is 1.53. The van der Waals surface area contributed by atoms with Gasteiger partial charge in [-0.3, -0.25) is 4.79 Å². The van der Waals surface area contributed by atoms with Crippen LogP contribution in [0.15, 0.2) is 0 Å². The molecule has 0 rings (SSSR count). The average molecular weight is 116 g/mol. The van der Waals surface area contributed by atoms with Gasteiger partial charge >= 0.3 is 0 Å². The number of nitrogens with two attached hydrogens (primary N) is 1. The van der Waals surface area contributed by atoms with Crippen molar-refractivity contribution in [3.8, 4) is 0 Å². The van der Waals surface area contributed by atoms with E-state index in [1.54, 1.807) is 0 Å². The van der Waals surface area contributed by atoms with Gasteiger partial charge in [-0.1, -0.05) is 0 Å². The maximum Gasteiger partial charge on any atom is 0.215 e. The fourth-order valence-corrected chi connectivity index (χ4v) is 0.249. The summed E-state index contributed by atoms with van der Waals surface area (Å²) in [6.07, 6.45) is 0. The number of amides is 1. The standard InChI is InChI=1S/C3H8BNO.CH5N/c1-2-5-3(4)6;1-2/h2,4H2,1H3,(H,5,6);2H2,1H3. The zero-order valence-electron chi connectivity index (χ0n) is 5.69. The number of carbonyl (C=O) groups excluding carboxylic acids is 1. The molecule has 0 fully saturated rings. The minimum atomic E-state index is 0.0394. The molecule has 8 heavy (non-hydrogen) atoms. The third-order valence-electron chi connectivity index (χ3n) is 0.426. The molecule has 1 amide bonds. The summed E-state index contributed by atoms with van der Waals surface area (Å²) in [7, 11) is 3.00. The van der Waals surface area contributed by atoms with Gasteiger partial charge in [0.15, 0.2) is 5.81 Å². The van der Waals surface area contributed by atoms with Gasteiger partial charge < -0.3 is 11.1 Å². The lowest BCUT2D eigenvalue weighted by atomic mass is 10.1. The van der Waals surface area contributed by atoms with E-state index in [1.807, 2.05) is 6.92 Å². The quantitative estimate of drug-likeness (QED) is 0.428. The van der Waals surface area contributed by atoms with Gasteiger partial charge in [0.1, 0.15) is 0 Å². The highest BCUT2D eigenvalue weighted by Gasteiger charge is 1.79. The van der Waals surface area contributed by atoms with E-state index in [4.69, 9.17) is 0 Å². The Morgan fingerprint density at radius 1 is 1.75 bits per heavy atom. The van der Waals surface area contributed by atoms with E-state index in [0.717, 1.165) is 6.54 Å². The first kappa shape index (κ1) is 10.5. The molecule has 0 saturated heterocycles. The number of hydrogen-bond donors (Lipinski definition) is 2. The van der Waals surface area contributed by atoms with Gasteiger partial charge in [0.25, 0.3) is 0 Å². The highest BCUT2D eigenvalue weighted by molar-refractivity contribution is 6.57. The van der Waals surface area contributed by atoms with E-state index in [-0.39, 0.29) is 5.81 Å². The zero-order valence-corrected chi connectivity index (χ0v) is 5.69. The molecular formula is C4H13BN2O. The summed E-state index contributed by atoms with van der Waals surface area (Å²) < 4.78 is 0. The molecule has 3 N–H and O–H groups in total. The Kier molecular flexibility index (Phi) is 12.7. The van der Waals surface area contributed by atoms with Crippen LogP contribution in [0, 0.1) is 0 Å². The maximum absolute atomic E-state index is 9.93. The first-order valence-electron chi connectivity index (χ1n) is 2.59. The summed E-state index contributed by atoms with van der Waals surface area (Å²) >= 11 is 0. The van der Waals surface area contributed by atoms with Crippen molar-refractivity contribution in [1.29, 1.82) is 0 Å². The van der Waals surface area contributed by atoms with Gasteiger partial charge in [0.2, 0.25) is 7.85 Å². The monoisotopic (exact) mass is 116 g/mol. The molecule has 0 atom stereocenters. The largest absolute Gasteiger partial charge is 0.366 e. The number of carbonyl (C=O) groups is 1.